The number of anilines is 1. The van der Waals surface area contributed by atoms with Crippen LogP contribution in [0.2, 0.25) is 0 Å². The molecule has 2 aromatic heterocycles. The molecule has 0 amide bonds. The zero-order valence-corrected chi connectivity index (χ0v) is 18.4. The zero-order chi connectivity index (χ0) is 22.1. The smallest absolute Gasteiger partial charge is 0.271 e. The number of aromatic nitrogens is 2. The number of oxime groups is 1. The summed E-state index contributed by atoms with van der Waals surface area (Å²) in [4.78, 5) is 32.7. The molecule has 10 heteroatoms. The highest BCUT2D eigenvalue weighted by atomic mass is 32.1. The number of nitrogens with two attached hydrogens (primary N) is 1. The second-order valence-corrected chi connectivity index (χ2v) is 9.78. The minimum atomic E-state index is -0.557. The highest BCUT2D eigenvalue weighted by molar-refractivity contribution is 7.12. The predicted molar refractivity (Wildman–Crippen MR) is 121 cm³/mol. The fraction of sp³-hybridized carbons (Fsp3) is 0.476. The van der Waals surface area contributed by atoms with E-state index in [-0.39, 0.29) is 22.7 Å². The van der Waals surface area contributed by atoms with Crippen LogP contribution in [-0.4, -0.2) is 40.4 Å². The van der Waals surface area contributed by atoms with E-state index in [2.05, 4.69) is 9.53 Å². The maximum atomic E-state index is 15.3. The van der Waals surface area contributed by atoms with Gasteiger partial charge in [0, 0.05) is 29.4 Å². The third-order valence-corrected chi connectivity index (χ3v) is 7.10. The molecule has 3 N–H and O–H groups in total. The van der Waals surface area contributed by atoms with Gasteiger partial charge in [0.25, 0.3) is 5.56 Å². The SMILES string of the molecule is CO/N=C1/CN(c2cc3c(cc2F)c(=O)c2c(=O)[nH]sc2n3C2CC2)CC1C(C)(C)N. The molecule has 1 unspecified atom stereocenters. The topological polar surface area (TPSA) is 106 Å². The van der Waals surface area contributed by atoms with E-state index in [0.29, 0.717) is 29.1 Å². The van der Waals surface area contributed by atoms with Crippen molar-refractivity contribution in [1.29, 1.82) is 0 Å². The lowest BCUT2D eigenvalue weighted by Crippen LogP contribution is -2.45. The third kappa shape index (κ3) is 3.16. The van der Waals surface area contributed by atoms with Crippen LogP contribution in [0.15, 0.2) is 26.9 Å². The summed E-state index contributed by atoms with van der Waals surface area (Å²) in [7, 11) is 1.48. The van der Waals surface area contributed by atoms with Gasteiger partial charge in [0.1, 0.15) is 23.1 Å². The van der Waals surface area contributed by atoms with E-state index in [0.717, 1.165) is 30.1 Å². The van der Waals surface area contributed by atoms with Crippen LogP contribution in [0.1, 0.15) is 32.7 Å². The largest absolute Gasteiger partial charge is 0.399 e. The molecule has 2 aliphatic rings. The number of nitrogens with one attached hydrogen (secondary N) is 1. The number of aromatic amines is 1. The summed E-state index contributed by atoms with van der Waals surface area (Å²) in [6.07, 6.45) is 1.92. The molecule has 1 aromatic carbocycles. The molecule has 1 aliphatic carbocycles. The van der Waals surface area contributed by atoms with Crippen molar-refractivity contribution < 1.29 is 9.23 Å². The van der Waals surface area contributed by atoms with Gasteiger partial charge < -0.3 is 20.0 Å². The predicted octanol–water partition coefficient (Wildman–Crippen LogP) is 2.55. The molecule has 0 spiro atoms. The Bertz CT molecular complexity index is 1350. The van der Waals surface area contributed by atoms with Gasteiger partial charge in [-0.05, 0) is 50.4 Å². The van der Waals surface area contributed by atoms with Crippen LogP contribution in [0.3, 0.4) is 0 Å². The van der Waals surface area contributed by atoms with Crippen LogP contribution in [0, 0.1) is 11.7 Å². The van der Waals surface area contributed by atoms with Crippen molar-refractivity contribution in [3.05, 3.63) is 38.5 Å². The van der Waals surface area contributed by atoms with Crippen LogP contribution in [0.25, 0.3) is 21.1 Å². The summed E-state index contributed by atoms with van der Waals surface area (Å²) in [5.41, 5.74) is 6.74. The van der Waals surface area contributed by atoms with Crippen LogP contribution < -0.4 is 21.6 Å². The minimum absolute atomic E-state index is 0.106. The third-order valence-electron chi connectivity index (χ3n) is 6.21. The molecule has 31 heavy (non-hydrogen) atoms. The van der Waals surface area contributed by atoms with Gasteiger partial charge in [0.05, 0.1) is 23.5 Å². The highest BCUT2D eigenvalue weighted by Gasteiger charge is 2.39. The Kier molecular flexibility index (Phi) is 4.49. The fourth-order valence-corrected chi connectivity index (χ4v) is 5.46. The number of hydrogen-bond donors (Lipinski definition) is 2. The van der Waals surface area contributed by atoms with E-state index in [1.165, 1.54) is 13.2 Å². The van der Waals surface area contributed by atoms with Crippen molar-refractivity contribution in [3.63, 3.8) is 0 Å². The summed E-state index contributed by atoms with van der Waals surface area (Å²) in [6, 6.07) is 3.19. The van der Waals surface area contributed by atoms with Gasteiger partial charge in [-0.1, -0.05) is 5.16 Å². The quantitative estimate of drug-likeness (QED) is 0.601. The first-order chi connectivity index (χ1) is 14.7. The Morgan fingerprint density at radius 3 is 2.71 bits per heavy atom. The molecule has 1 atom stereocenters. The average molecular weight is 446 g/mol. The molecule has 164 valence electrons. The van der Waals surface area contributed by atoms with Gasteiger partial charge in [0.2, 0.25) is 5.43 Å². The highest BCUT2D eigenvalue weighted by Crippen LogP contribution is 2.41. The second kappa shape index (κ2) is 6.89. The first-order valence-electron chi connectivity index (χ1n) is 10.2. The summed E-state index contributed by atoms with van der Waals surface area (Å²) in [6.45, 7) is 4.70. The number of H-pyrrole nitrogens is 1. The molecule has 3 aromatic rings. The molecule has 1 saturated carbocycles. The second-order valence-electron chi connectivity index (χ2n) is 8.98. The van der Waals surface area contributed by atoms with Crippen molar-refractivity contribution in [2.75, 3.05) is 25.1 Å². The van der Waals surface area contributed by atoms with Crippen LogP contribution >= 0.6 is 11.5 Å². The van der Waals surface area contributed by atoms with Gasteiger partial charge in [-0.2, -0.15) is 0 Å². The number of pyridine rings is 1. The Morgan fingerprint density at radius 1 is 1.32 bits per heavy atom. The van der Waals surface area contributed by atoms with E-state index >= 15 is 4.39 Å². The van der Waals surface area contributed by atoms with Crippen molar-refractivity contribution in [2.24, 2.45) is 16.8 Å². The molecule has 5 rings (SSSR count). The molecule has 0 radical (unpaired) electrons. The molecule has 2 fully saturated rings. The summed E-state index contributed by atoms with van der Waals surface area (Å²) in [5.74, 6) is -0.615. The molecule has 0 bridgehead atoms. The normalized spacial score (nSPS) is 21.0. The van der Waals surface area contributed by atoms with Gasteiger partial charge in [0.15, 0.2) is 0 Å². The summed E-state index contributed by atoms with van der Waals surface area (Å²) < 4.78 is 20.0. The molecular weight excluding hydrogens is 421 g/mol. The standard InChI is InChI=1S/C21H24FN5O3S/c1-21(2,23)12-8-26(9-14(12)24-30-3)16-7-15-11(6-13(16)22)18(28)17-19(29)25-31-20(17)27(15)10-4-5-10/h6-7,10,12H,4-5,8-9,23H2,1-3H3,(H,25,29)/b24-14-. The number of benzene rings is 1. The number of rotatable bonds is 4. The monoisotopic (exact) mass is 445 g/mol. The van der Waals surface area contributed by atoms with Gasteiger partial charge >= 0.3 is 0 Å². The Morgan fingerprint density at radius 2 is 2.06 bits per heavy atom. The van der Waals surface area contributed by atoms with Crippen LogP contribution in [0.4, 0.5) is 10.1 Å². The Balaban J connectivity index is 1.71. The molecular formula is C21H24FN5O3S. The first-order valence-corrected chi connectivity index (χ1v) is 11.0. The van der Waals surface area contributed by atoms with E-state index in [1.54, 1.807) is 6.07 Å². The van der Waals surface area contributed by atoms with Gasteiger partial charge in [-0.3, -0.25) is 14.0 Å². The minimum Gasteiger partial charge on any atom is -0.399 e. The van der Waals surface area contributed by atoms with Crippen molar-refractivity contribution in [1.82, 2.24) is 8.94 Å². The fourth-order valence-electron chi connectivity index (χ4n) is 4.53. The van der Waals surface area contributed by atoms with Gasteiger partial charge in [-0.25, -0.2) is 4.39 Å². The molecule has 3 heterocycles. The van der Waals surface area contributed by atoms with Gasteiger partial charge in [-0.15, -0.1) is 0 Å². The first kappa shape index (κ1) is 20.2. The Hall–Kier alpha value is -2.72. The van der Waals surface area contributed by atoms with Crippen molar-refractivity contribution in [3.8, 4) is 0 Å². The number of fused-ring (bicyclic) bond motifs is 2. The summed E-state index contributed by atoms with van der Waals surface area (Å²) in [5, 5.41) is 4.47. The molecule has 8 nitrogen and oxygen atoms in total. The van der Waals surface area contributed by atoms with Crippen LogP contribution in [-0.2, 0) is 4.84 Å². The van der Waals surface area contributed by atoms with E-state index < -0.39 is 22.3 Å². The van der Waals surface area contributed by atoms with E-state index in [1.807, 2.05) is 23.3 Å². The molecule has 1 aliphatic heterocycles. The zero-order valence-electron chi connectivity index (χ0n) is 17.6. The van der Waals surface area contributed by atoms with E-state index in [9.17, 15) is 9.59 Å². The number of hydrogen-bond acceptors (Lipinski definition) is 7. The maximum Gasteiger partial charge on any atom is 0.271 e. The number of halogens is 1. The van der Waals surface area contributed by atoms with Crippen molar-refractivity contribution in [2.45, 2.75) is 38.3 Å². The molecule has 1 saturated heterocycles. The lowest BCUT2D eigenvalue weighted by atomic mass is 9.87. The maximum absolute atomic E-state index is 15.3. The van der Waals surface area contributed by atoms with Crippen molar-refractivity contribution >= 4 is 44.1 Å². The lowest BCUT2D eigenvalue weighted by molar-refractivity contribution is 0.209. The average Bonchev–Trinajstić information content (AvgIpc) is 3.32. The summed E-state index contributed by atoms with van der Waals surface area (Å²) >= 11 is 1.16. The Labute approximate surface area is 181 Å². The van der Waals surface area contributed by atoms with E-state index in [4.69, 9.17) is 10.6 Å². The van der Waals surface area contributed by atoms with Crippen LogP contribution in [0.5, 0.6) is 0 Å². The number of nitrogens with zero attached hydrogens (tertiary/aromatic N) is 3. The lowest BCUT2D eigenvalue weighted by Gasteiger charge is -2.27.